The molecule has 0 aromatic heterocycles. The zero-order valence-electron chi connectivity index (χ0n) is 6.78. The van der Waals surface area contributed by atoms with Gasteiger partial charge in [-0.25, -0.2) is 0 Å². The number of hydrogen-bond donors (Lipinski definition) is 0. The molecule has 0 saturated carbocycles. The van der Waals surface area contributed by atoms with Crippen molar-refractivity contribution >= 4 is 0 Å². The van der Waals surface area contributed by atoms with Gasteiger partial charge in [-0.15, -0.1) is 0 Å². The standard InChI is InChI=1S/C5H9N.5FH.Ta/c1-5(2,3)4-6;;;;;;/h1-3H3;5*1H;/q;;;;;;+5/p-5. The van der Waals surface area contributed by atoms with Crippen LogP contribution >= 0.6 is 0 Å². The molecule has 0 fully saturated rings. The van der Waals surface area contributed by atoms with E-state index in [1.54, 1.807) is 0 Å². The molecule has 0 aromatic rings. The third-order valence-electron chi connectivity index (χ3n) is 0.335. The second-order valence-electron chi connectivity index (χ2n) is 3.00. The molecule has 1 nitrogen and oxygen atoms in total. The molecule has 0 spiro atoms. The van der Waals surface area contributed by atoms with Gasteiger partial charge in [0.15, 0.2) is 0 Å². The maximum absolute atomic E-state index is 9.92. The van der Waals surface area contributed by atoms with E-state index in [9.17, 15) is 15.1 Å². The van der Waals surface area contributed by atoms with Crippen molar-refractivity contribution in [1.29, 1.82) is 5.26 Å². The molecule has 0 aliphatic heterocycles. The van der Waals surface area contributed by atoms with E-state index >= 15 is 0 Å². The van der Waals surface area contributed by atoms with E-state index in [0.29, 0.717) is 0 Å². The first-order valence-corrected chi connectivity index (χ1v) is 8.89. The van der Waals surface area contributed by atoms with Crippen LogP contribution < -0.4 is 0 Å². The molecule has 0 saturated heterocycles. The minimum atomic E-state index is -9.30. The Morgan fingerprint density at radius 3 is 1.08 bits per heavy atom. The van der Waals surface area contributed by atoms with Crippen molar-refractivity contribution < 1.29 is 33.7 Å². The third-order valence-corrected chi connectivity index (χ3v) is 0.335. The van der Waals surface area contributed by atoms with Crippen molar-refractivity contribution in [2.75, 3.05) is 0 Å². The molecule has 0 unspecified atom stereocenters. The van der Waals surface area contributed by atoms with Crippen LogP contribution in [-0.4, -0.2) is 0 Å². The van der Waals surface area contributed by atoms with Crippen molar-refractivity contribution in [3.8, 4) is 6.07 Å². The number of halogens is 5. The summed E-state index contributed by atoms with van der Waals surface area (Å²) in [5, 5.41) is 8.15. The van der Waals surface area contributed by atoms with Gasteiger partial charge in [0.05, 0.1) is 6.07 Å². The minimum absolute atomic E-state index is 0.153. The van der Waals surface area contributed by atoms with Gasteiger partial charge in [-0.05, 0) is 20.8 Å². The summed E-state index contributed by atoms with van der Waals surface area (Å²) in [5.41, 5.74) is -0.153. The molecule has 0 aromatic carbocycles. The number of nitriles is 1. The molecular weight excluding hydrogens is 350 g/mol. The van der Waals surface area contributed by atoms with Crippen molar-refractivity contribution in [3.05, 3.63) is 0 Å². The summed E-state index contributed by atoms with van der Waals surface area (Å²) >= 11 is -9.30. The first kappa shape index (κ1) is 14.4. The molecule has 12 heavy (non-hydrogen) atoms. The number of hydrogen-bond acceptors (Lipinski definition) is 1. The average molecular weight is 359 g/mol. The van der Waals surface area contributed by atoms with Crippen molar-refractivity contribution in [2.45, 2.75) is 20.8 Å². The van der Waals surface area contributed by atoms with Gasteiger partial charge in [0.25, 0.3) is 0 Å². The van der Waals surface area contributed by atoms with Gasteiger partial charge >= 0.3 is 33.7 Å². The van der Waals surface area contributed by atoms with Gasteiger partial charge in [-0.3, -0.25) is 0 Å². The molecule has 0 amide bonds. The molecule has 7 heteroatoms. The van der Waals surface area contributed by atoms with E-state index in [2.05, 4.69) is 6.07 Å². The molecular formula is C5H9F5NTa. The van der Waals surface area contributed by atoms with Crippen LogP contribution in [0.3, 0.4) is 0 Å². The normalized spacial score (nSPS) is 14.8. The van der Waals surface area contributed by atoms with E-state index in [0.717, 1.165) is 0 Å². The van der Waals surface area contributed by atoms with Crippen LogP contribution in [-0.2, 0) is 18.5 Å². The molecule has 0 N–H and O–H groups in total. The monoisotopic (exact) mass is 359 g/mol. The third kappa shape index (κ3) is 93.9. The summed E-state index contributed by atoms with van der Waals surface area (Å²) in [5.74, 6) is 0. The number of nitrogens with zero attached hydrogens (tertiary/aromatic N) is 1. The van der Waals surface area contributed by atoms with Gasteiger partial charge in [0.1, 0.15) is 0 Å². The van der Waals surface area contributed by atoms with Crippen LogP contribution in [0.1, 0.15) is 20.8 Å². The van der Waals surface area contributed by atoms with Gasteiger partial charge < -0.3 is 0 Å². The SMILES string of the molecule is CC(C)(C)C#N.[F][Ta]([F])([F])([F])[F]. The Morgan fingerprint density at radius 2 is 1.08 bits per heavy atom. The van der Waals surface area contributed by atoms with Crippen molar-refractivity contribution in [1.82, 2.24) is 0 Å². The number of rotatable bonds is 0. The molecule has 0 aliphatic rings. The van der Waals surface area contributed by atoms with Gasteiger partial charge in [0, 0.05) is 5.41 Å². The predicted octanol–water partition coefficient (Wildman–Crippen LogP) is 3.65. The van der Waals surface area contributed by atoms with E-state index in [1.165, 1.54) is 0 Å². The van der Waals surface area contributed by atoms with E-state index in [1.807, 2.05) is 20.8 Å². The van der Waals surface area contributed by atoms with E-state index < -0.39 is 18.5 Å². The van der Waals surface area contributed by atoms with Crippen LogP contribution in [0.25, 0.3) is 0 Å². The van der Waals surface area contributed by atoms with Gasteiger partial charge in [-0.2, -0.15) is 5.26 Å². The van der Waals surface area contributed by atoms with Crippen LogP contribution in [0.15, 0.2) is 0 Å². The summed E-state index contributed by atoms with van der Waals surface area (Å²) in [6, 6.07) is 2.10. The van der Waals surface area contributed by atoms with Crippen LogP contribution in [0.4, 0.5) is 15.1 Å². The molecule has 0 atom stereocenters. The predicted molar refractivity (Wildman–Crippen MR) is 30.6 cm³/mol. The molecule has 0 aliphatic carbocycles. The Morgan fingerprint density at radius 1 is 1.00 bits per heavy atom. The molecule has 74 valence electrons. The van der Waals surface area contributed by atoms with E-state index in [4.69, 9.17) is 5.26 Å². The zero-order chi connectivity index (χ0) is 10.7. The fraction of sp³-hybridized carbons (Fsp3) is 0.800. The molecule has 0 radical (unpaired) electrons. The van der Waals surface area contributed by atoms with Gasteiger partial charge in [0.2, 0.25) is 0 Å². The van der Waals surface area contributed by atoms with Crippen LogP contribution in [0.2, 0.25) is 0 Å². The quantitative estimate of drug-likeness (QED) is 0.606. The second kappa shape index (κ2) is 3.73. The van der Waals surface area contributed by atoms with E-state index in [-0.39, 0.29) is 5.41 Å². The summed E-state index contributed by atoms with van der Waals surface area (Å²) in [6.45, 7) is 5.65. The Bertz CT molecular complexity index is 164. The van der Waals surface area contributed by atoms with Gasteiger partial charge in [-0.1, -0.05) is 0 Å². The van der Waals surface area contributed by atoms with Crippen LogP contribution in [0, 0.1) is 16.7 Å². The molecule has 0 bridgehead atoms. The second-order valence-corrected chi connectivity index (χ2v) is 7.59. The van der Waals surface area contributed by atoms with Crippen molar-refractivity contribution in [3.63, 3.8) is 0 Å². The molecule has 0 heterocycles. The topological polar surface area (TPSA) is 23.8 Å². The Hall–Kier alpha value is -0.120. The first-order chi connectivity index (χ1) is 4.80. The fourth-order valence-electron chi connectivity index (χ4n) is 0. The average Bonchev–Trinajstić information content (AvgIpc) is 1.56. The summed E-state index contributed by atoms with van der Waals surface area (Å²) < 4.78 is 49.6. The molecule has 0 rings (SSSR count). The van der Waals surface area contributed by atoms with Crippen LogP contribution in [0.5, 0.6) is 0 Å². The summed E-state index contributed by atoms with van der Waals surface area (Å²) in [6.07, 6.45) is 0. The Kier molecular flexibility index (Phi) is 4.48. The Balaban J connectivity index is 0. The first-order valence-electron chi connectivity index (χ1n) is 2.82. The summed E-state index contributed by atoms with van der Waals surface area (Å²) in [4.78, 5) is 0. The van der Waals surface area contributed by atoms with Crippen molar-refractivity contribution in [2.24, 2.45) is 5.41 Å². The maximum atomic E-state index is 9.92. The summed E-state index contributed by atoms with van der Waals surface area (Å²) in [7, 11) is 0. The zero-order valence-corrected chi connectivity index (χ0v) is 10.00. The fourth-order valence-corrected chi connectivity index (χ4v) is 0. The Labute approximate surface area is 71.6 Å².